The van der Waals surface area contributed by atoms with Gasteiger partial charge in [-0.3, -0.25) is 4.57 Å². The van der Waals surface area contributed by atoms with Gasteiger partial charge >= 0.3 is 0 Å². The molecule has 0 N–H and O–H groups in total. The van der Waals surface area contributed by atoms with Crippen LogP contribution in [0.2, 0.25) is 0 Å². The number of nitrogens with zero attached hydrogens (tertiary/aromatic N) is 3. The van der Waals surface area contributed by atoms with Crippen LogP contribution in [0.5, 0.6) is 0 Å². The third kappa shape index (κ3) is 4.15. The van der Waals surface area contributed by atoms with Crippen molar-refractivity contribution >= 4 is 106 Å². The van der Waals surface area contributed by atoms with Crippen molar-refractivity contribution in [2.24, 2.45) is 0 Å². The minimum absolute atomic E-state index is 0.671. The number of aromatic nitrogens is 3. The maximum Gasteiger partial charge on any atom is 0.235 e. The lowest BCUT2D eigenvalue weighted by molar-refractivity contribution is 1.01. The average Bonchev–Trinajstić information content (AvgIpc) is 3.91. The van der Waals surface area contributed by atoms with Crippen molar-refractivity contribution in [1.29, 1.82) is 0 Å². The molecular weight excluding hydrogens is 683 g/mol. The van der Waals surface area contributed by atoms with Gasteiger partial charge in [-0.05, 0) is 46.8 Å². The van der Waals surface area contributed by atoms with Gasteiger partial charge in [0.25, 0.3) is 0 Å². The summed E-state index contributed by atoms with van der Waals surface area (Å²) in [5.41, 5.74) is 7.49. The van der Waals surface area contributed by atoms with Gasteiger partial charge in [-0.2, -0.15) is 0 Å². The van der Waals surface area contributed by atoms with Crippen LogP contribution in [0.15, 0.2) is 164 Å². The molecule has 12 aromatic rings. The quantitative estimate of drug-likeness (QED) is 0.183. The van der Waals surface area contributed by atoms with Gasteiger partial charge < -0.3 is 0 Å². The number of hydrogen-bond donors (Lipinski definition) is 0. The smallest absolute Gasteiger partial charge is 0.235 e. The molecule has 0 aliphatic heterocycles. The molecule has 0 spiro atoms. The van der Waals surface area contributed by atoms with Crippen molar-refractivity contribution in [1.82, 2.24) is 14.5 Å². The van der Waals surface area contributed by atoms with E-state index in [0.29, 0.717) is 5.95 Å². The minimum atomic E-state index is 0.671. The van der Waals surface area contributed by atoms with Crippen LogP contribution in [-0.4, -0.2) is 14.5 Å². The Morgan fingerprint density at radius 1 is 0.358 bits per heavy atom. The molecule has 0 bridgehead atoms. The van der Waals surface area contributed by atoms with E-state index < -0.39 is 0 Å². The summed E-state index contributed by atoms with van der Waals surface area (Å²) in [7, 11) is 0. The fraction of sp³-hybridized carbons (Fsp3) is 0. The van der Waals surface area contributed by atoms with Gasteiger partial charge in [-0.25, -0.2) is 9.97 Å². The van der Waals surface area contributed by atoms with Crippen molar-refractivity contribution in [2.75, 3.05) is 0 Å². The van der Waals surface area contributed by atoms with Crippen LogP contribution >= 0.6 is 22.7 Å². The highest BCUT2D eigenvalue weighted by Gasteiger charge is 2.24. The van der Waals surface area contributed by atoms with E-state index >= 15 is 0 Å². The predicted molar refractivity (Wildman–Crippen MR) is 228 cm³/mol. The first-order valence-electron chi connectivity index (χ1n) is 17.8. The van der Waals surface area contributed by atoms with Gasteiger partial charge in [0, 0.05) is 58.1 Å². The lowest BCUT2D eigenvalue weighted by Gasteiger charge is -2.13. The zero-order valence-corrected chi connectivity index (χ0v) is 29.9. The lowest BCUT2D eigenvalue weighted by atomic mass is 9.95. The first kappa shape index (κ1) is 29.2. The van der Waals surface area contributed by atoms with Gasteiger partial charge in [0.05, 0.1) is 31.6 Å². The summed E-state index contributed by atoms with van der Waals surface area (Å²) in [4.78, 5) is 10.7. The SMILES string of the molecule is c1ccc(-c2ccc(-c3nc(-n4c5ccccc5c5c6c(ccc54)c4c5ccccc5sc4c4sc5ccccc5c46)nc4ccccc34)cc2)cc1. The maximum atomic E-state index is 5.44. The van der Waals surface area contributed by atoms with Crippen LogP contribution < -0.4 is 0 Å². The number of benzene rings is 8. The van der Waals surface area contributed by atoms with E-state index in [-0.39, 0.29) is 0 Å². The highest BCUT2D eigenvalue weighted by atomic mass is 32.1. The lowest BCUT2D eigenvalue weighted by Crippen LogP contribution is -2.03. The number of para-hydroxylation sites is 2. The molecule has 0 aliphatic rings. The zero-order chi connectivity index (χ0) is 34.6. The second-order valence-electron chi connectivity index (χ2n) is 13.7. The van der Waals surface area contributed by atoms with Crippen LogP contribution in [0.3, 0.4) is 0 Å². The predicted octanol–water partition coefficient (Wildman–Crippen LogP) is 13.9. The second kappa shape index (κ2) is 11.1. The highest BCUT2D eigenvalue weighted by Crippen LogP contribution is 2.52. The third-order valence-corrected chi connectivity index (χ3v) is 13.3. The van der Waals surface area contributed by atoms with Gasteiger partial charge in [-0.15, -0.1) is 22.7 Å². The summed E-state index contributed by atoms with van der Waals surface area (Å²) < 4.78 is 7.66. The second-order valence-corrected chi connectivity index (χ2v) is 15.8. The monoisotopic (exact) mass is 709 g/mol. The first-order valence-corrected chi connectivity index (χ1v) is 19.5. The molecule has 0 amide bonds. The van der Waals surface area contributed by atoms with Gasteiger partial charge in [0.15, 0.2) is 0 Å². The van der Waals surface area contributed by atoms with Crippen LogP contribution in [0.4, 0.5) is 0 Å². The van der Waals surface area contributed by atoms with E-state index in [1.165, 1.54) is 73.0 Å². The molecule has 0 fully saturated rings. The summed E-state index contributed by atoms with van der Waals surface area (Å²) in [6, 6.07) is 58.9. The Labute approximate surface area is 311 Å². The fourth-order valence-corrected chi connectivity index (χ4v) is 11.1. The highest BCUT2D eigenvalue weighted by molar-refractivity contribution is 7.33. The van der Waals surface area contributed by atoms with Crippen molar-refractivity contribution in [3.8, 4) is 28.3 Å². The molecule has 12 rings (SSSR count). The van der Waals surface area contributed by atoms with Crippen LogP contribution in [0.1, 0.15) is 0 Å². The van der Waals surface area contributed by atoms with E-state index in [4.69, 9.17) is 9.97 Å². The Balaban J connectivity index is 1.20. The number of hydrogen-bond acceptors (Lipinski definition) is 4. The first-order chi connectivity index (χ1) is 26.3. The van der Waals surface area contributed by atoms with E-state index in [1.54, 1.807) is 0 Å². The molecule has 246 valence electrons. The summed E-state index contributed by atoms with van der Waals surface area (Å²) in [6.07, 6.45) is 0. The van der Waals surface area contributed by atoms with E-state index in [9.17, 15) is 0 Å². The van der Waals surface area contributed by atoms with E-state index in [2.05, 4.69) is 168 Å². The molecule has 0 aliphatic carbocycles. The zero-order valence-electron chi connectivity index (χ0n) is 28.2. The molecule has 0 saturated heterocycles. The topological polar surface area (TPSA) is 30.7 Å². The molecule has 0 atom stereocenters. The van der Waals surface area contributed by atoms with Crippen molar-refractivity contribution in [3.05, 3.63) is 164 Å². The molecule has 8 aromatic carbocycles. The van der Waals surface area contributed by atoms with Crippen LogP contribution in [0, 0.1) is 0 Å². The number of thiophene rings is 2. The molecule has 4 heterocycles. The van der Waals surface area contributed by atoms with Crippen molar-refractivity contribution < 1.29 is 0 Å². The Hall–Kier alpha value is -6.40. The Bertz CT molecular complexity index is 3440. The van der Waals surface area contributed by atoms with Crippen LogP contribution in [-0.2, 0) is 0 Å². The van der Waals surface area contributed by atoms with Crippen molar-refractivity contribution in [3.63, 3.8) is 0 Å². The number of fused-ring (bicyclic) bond motifs is 15. The molecule has 4 aromatic heterocycles. The summed E-state index contributed by atoms with van der Waals surface area (Å²) in [5.74, 6) is 0.671. The summed E-state index contributed by atoms with van der Waals surface area (Å²) >= 11 is 3.84. The van der Waals surface area contributed by atoms with Crippen LogP contribution in [0.25, 0.3) is 112 Å². The Morgan fingerprint density at radius 3 is 1.72 bits per heavy atom. The van der Waals surface area contributed by atoms with Crippen molar-refractivity contribution in [2.45, 2.75) is 0 Å². The normalized spacial score (nSPS) is 12.2. The maximum absolute atomic E-state index is 5.44. The molecule has 5 heteroatoms. The minimum Gasteiger partial charge on any atom is -0.278 e. The molecule has 53 heavy (non-hydrogen) atoms. The van der Waals surface area contributed by atoms with E-state index in [0.717, 1.165) is 33.2 Å². The molecule has 0 unspecified atom stereocenters. The molecule has 3 nitrogen and oxygen atoms in total. The fourth-order valence-electron chi connectivity index (χ4n) is 8.51. The van der Waals surface area contributed by atoms with E-state index in [1.807, 2.05) is 22.7 Å². The molecule has 0 saturated carbocycles. The average molecular weight is 710 g/mol. The van der Waals surface area contributed by atoms with Gasteiger partial charge in [0.2, 0.25) is 5.95 Å². The molecular formula is C48H27N3S2. The Kier molecular flexibility index (Phi) is 6.09. The largest absolute Gasteiger partial charge is 0.278 e. The van der Waals surface area contributed by atoms with Gasteiger partial charge in [-0.1, -0.05) is 133 Å². The number of rotatable bonds is 3. The third-order valence-electron chi connectivity index (χ3n) is 10.8. The summed E-state index contributed by atoms with van der Waals surface area (Å²) in [5, 5.41) is 11.4. The Morgan fingerprint density at radius 2 is 0.943 bits per heavy atom. The standard InChI is InChI=1S/C48H27N3S2/c1-2-12-28(13-3-1)29-22-24-30(25-23-29)45-31-14-4-8-18-36(31)49-48(50-45)51-37-19-9-5-15-32(37)42-38(51)27-26-35-41-33-16-6-10-20-39(33)52-46(41)47-44(43(35)42)34-17-7-11-21-40(34)53-47/h1-27H. The molecule has 0 radical (unpaired) electrons. The summed E-state index contributed by atoms with van der Waals surface area (Å²) in [6.45, 7) is 0. The van der Waals surface area contributed by atoms with Gasteiger partial charge in [0.1, 0.15) is 0 Å².